The van der Waals surface area contributed by atoms with Crippen LogP contribution in [0.3, 0.4) is 0 Å². The normalized spacial score (nSPS) is 23.4. The molecule has 0 spiro atoms. The van der Waals surface area contributed by atoms with Crippen LogP contribution in [-0.2, 0) is 6.18 Å². The fraction of sp³-hybridized carbons (Fsp3) is 0.375. The Morgan fingerprint density at radius 2 is 1.80 bits per heavy atom. The van der Waals surface area contributed by atoms with E-state index in [-0.39, 0.29) is 35.5 Å². The number of benzene rings is 1. The number of fused-ring (bicyclic) bond motifs is 1. The average molecular weight is 356 g/mol. The summed E-state index contributed by atoms with van der Waals surface area (Å²) in [6.45, 7) is -0.345. The van der Waals surface area contributed by atoms with Gasteiger partial charge < -0.3 is 20.4 Å². The van der Waals surface area contributed by atoms with E-state index in [2.05, 4.69) is 10.2 Å². The lowest BCUT2D eigenvalue weighted by atomic mass is 9.83. The molecular formula is C16H15F3N2O4. The molecule has 3 unspecified atom stereocenters. The van der Waals surface area contributed by atoms with Crippen LogP contribution in [-0.4, -0.2) is 37.2 Å². The minimum absolute atomic E-state index is 0.0198. The molecule has 4 N–H and O–H groups in total. The Labute approximate surface area is 140 Å². The van der Waals surface area contributed by atoms with E-state index < -0.39 is 35.6 Å². The van der Waals surface area contributed by atoms with Crippen molar-refractivity contribution in [1.82, 2.24) is 10.2 Å². The summed E-state index contributed by atoms with van der Waals surface area (Å²) in [5.74, 6) is -1.18. The molecule has 134 valence electrons. The van der Waals surface area contributed by atoms with Crippen LogP contribution in [0.5, 0.6) is 5.75 Å². The number of hydrogen-bond acceptors (Lipinski definition) is 6. The van der Waals surface area contributed by atoms with Crippen LogP contribution < -0.4 is 0 Å². The highest BCUT2D eigenvalue weighted by molar-refractivity contribution is 5.63. The van der Waals surface area contributed by atoms with Gasteiger partial charge in [0.05, 0.1) is 23.1 Å². The van der Waals surface area contributed by atoms with Gasteiger partial charge in [0.2, 0.25) is 0 Å². The van der Waals surface area contributed by atoms with Crippen molar-refractivity contribution in [1.29, 1.82) is 0 Å². The van der Waals surface area contributed by atoms with Gasteiger partial charge in [0.25, 0.3) is 0 Å². The second-order valence-corrected chi connectivity index (χ2v) is 5.98. The maximum absolute atomic E-state index is 12.9. The number of nitrogens with zero attached hydrogens (tertiary/aromatic N) is 2. The third-order valence-corrected chi connectivity index (χ3v) is 4.24. The van der Waals surface area contributed by atoms with Gasteiger partial charge in [-0.3, -0.25) is 0 Å². The number of aliphatic hydroxyl groups excluding tert-OH is 3. The largest absolute Gasteiger partial charge is 0.508 e. The zero-order chi connectivity index (χ0) is 18.4. The maximum atomic E-state index is 12.9. The fourth-order valence-electron chi connectivity index (χ4n) is 2.92. The first-order chi connectivity index (χ1) is 11.7. The molecule has 1 aromatic heterocycles. The standard InChI is InChI=1S/C16H15F3N2O4/c17-16(18,19)9-1-7(2-10(23)4-9)12-5-11-13(24)3-8(6-22)15(25)14(11)21-20-12/h1-2,4-5,8,13,15,22-25H,3,6H2. The van der Waals surface area contributed by atoms with E-state index in [4.69, 9.17) is 0 Å². The third-order valence-electron chi connectivity index (χ3n) is 4.24. The third kappa shape index (κ3) is 3.30. The van der Waals surface area contributed by atoms with Crippen molar-refractivity contribution in [2.45, 2.75) is 24.8 Å². The van der Waals surface area contributed by atoms with Gasteiger partial charge in [0, 0.05) is 23.7 Å². The zero-order valence-electron chi connectivity index (χ0n) is 12.8. The Morgan fingerprint density at radius 1 is 1.08 bits per heavy atom. The van der Waals surface area contributed by atoms with Crippen molar-refractivity contribution in [3.63, 3.8) is 0 Å². The fourth-order valence-corrected chi connectivity index (χ4v) is 2.92. The number of aromatic nitrogens is 2. The number of hydrogen-bond donors (Lipinski definition) is 4. The monoisotopic (exact) mass is 356 g/mol. The minimum atomic E-state index is -4.64. The molecule has 0 aliphatic heterocycles. The van der Waals surface area contributed by atoms with Gasteiger partial charge in [-0.15, -0.1) is 0 Å². The smallest absolute Gasteiger partial charge is 0.416 e. The lowest BCUT2D eigenvalue weighted by Crippen LogP contribution is -2.27. The van der Waals surface area contributed by atoms with Crippen LogP contribution in [0.4, 0.5) is 13.2 Å². The van der Waals surface area contributed by atoms with E-state index in [1.165, 1.54) is 6.07 Å². The summed E-state index contributed by atoms with van der Waals surface area (Å²) in [4.78, 5) is 0. The van der Waals surface area contributed by atoms with Crippen LogP contribution in [0.1, 0.15) is 35.4 Å². The van der Waals surface area contributed by atoms with Crippen LogP contribution in [0.2, 0.25) is 0 Å². The summed E-state index contributed by atoms with van der Waals surface area (Å²) < 4.78 is 38.7. The molecule has 0 saturated carbocycles. The SMILES string of the molecule is OCC1CC(O)c2cc(-c3cc(O)cc(C(F)(F)F)c3)nnc2C1O. The quantitative estimate of drug-likeness (QED) is 0.655. The van der Waals surface area contributed by atoms with Gasteiger partial charge >= 0.3 is 6.18 Å². The molecule has 0 fully saturated rings. The first-order valence-corrected chi connectivity index (χ1v) is 7.47. The molecule has 6 nitrogen and oxygen atoms in total. The molecule has 1 heterocycles. The molecule has 0 amide bonds. The number of phenolic OH excluding ortho intramolecular Hbond substituents is 1. The van der Waals surface area contributed by atoms with Crippen molar-refractivity contribution in [3.8, 4) is 17.0 Å². The molecule has 0 saturated heterocycles. The average Bonchev–Trinajstić information content (AvgIpc) is 2.56. The van der Waals surface area contributed by atoms with Gasteiger partial charge in [0.15, 0.2) is 0 Å². The summed E-state index contributed by atoms with van der Waals surface area (Å²) in [5.41, 5.74) is -0.720. The number of phenols is 1. The summed E-state index contributed by atoms with van der Waals surface area (Å²) in [6.07, 6.45) is -6.72. The first-order valence-electron chi connectivity index (χ1n) is 7.47. The lowest BCUT2D eigenvalue weighted by Gasteiger charge is -2.30. The molecule has 3 rings (SSSR count). The van der Waals surface area contributed by atoms with E-state index in [1.54, 1.807) is 0 Å². The zero-order valence-corrected chi connectivity index (χ0v) is 12.8. The van der Waals surface area contributed by atoms with E-state index in [9.17, 15) is 33.6 Å². The lowest BCUT2D eigenvalue weighted by molar-refractivity contribution is -0.137. The Morgan fingerprint density at radius 3 is 2.44 bits per heavy atom. The van der Waals surface area contributed by atoms with Crippen molar-refractivity contribution in [2.24, 2.45) is 5.92 Å². The van der Waals surface area contributed by atoms with E-state index in [1.807, 2.05) is 0 Å². The second-order valence-electron chi connectivity index (χ2n) is 5.98. The molecule has 1 aliphatic carbocycles. The molecule has 25 heavy (non-hydrogen) atoms. The summed E-state index contributed by atoms with van der Waals surface area (Å²) in [7, 11) is 0. The number of aromatic hydroxyl groups is 1. The van der Waals surface area contributed by atoms with E-state index >= 15 is 0 Å². The summed E-state index contributed by atoms with van der Waals surface area (Å²) in [5, 5.41) is 46.7. The van der Waals surface area contributed by atoms with Gasteiger partial charge in [0.1, 0.15) is 11.9 Å². The number of alkyl halides is 3. The Hall–Kier alpha value is -2.23. The summed E-state index contributed by atoms with van der Waals surface area (Å²) in [6, 6.07) is 3.85. The molecular weight excluding hydrogens is 341 g/mol. The Kier molecular flexibility index (Phi) is 4.40. The highest BCUT2D eigenvalue weighted by atomic mass is 19.4. The molecule has 0 radical (unpaired) electrons. The van der Waals surface area contributed by atoms with E-state index in [0.717, 1.165) is 12.1 Å². The van der Waals surface area contributed by atoms with Crippen LogP contribution in [0.15, 0.2) is 24.3 Å². The van der Waals surface area contributed by atoms with Crippen LogP contribution in [0, 0.1) is 5.92 Å². The minimum Gasteiger partial charge on any atom is -0.508 e. The van der Waals surface area contributed by atoms with Crippen molar-refractivity contribution in [2.75, 3.05) is 6.61 Å². The molecule has 0 bridgehead atoms. The predicted molar refractivity (Wildman–Crippen MR) is 79.2 cm³/mol. The van der Waals surface area contributed by atoms with Gasteiger partial charge in [-0.05, 0) is 30.7 Å². The van der Waals surface area contributed by atoms with Crippen molar-refractivity contribution in [3.05, 3.63) is 41.1 Å². The second kappa shape index (κ2) is 6.25. The van der Waals surface area contributed by atoms with Gasteiger partial charge in [-0.2, -0.15) is 23.4 Å². The predicted octanol–water partition coefficient (Wildman–Crippen LogP) is 1.95. The number of aliphatic hydroxyl groups is 3. The topological polar surface area (TPSA) is 107 Å². The maximum Gasteiger partial charge on any atom is 0.416 e. The van der Waals surface area contributed by atoms with Gasteiger partial charge in [-0.25, -0.2) is 0 Å². The van der Waals surface area contributed by atoms with Crippen molar-refractivity contribution >= 4 is 0 Å². The van der Waals surface area contributed by atoms with Crippen LogP contribution >= 0.6 is 0 Å². The molecule has 3 atom stereocenters. The van der Waals surface area contributed by atoms with Crippen molar-refractivity contribution < 1.29 is 33.6 Å². The molecule has 9 heteroatoms. The first kappa shape index (κ1) is 17.6. The Balaban J connectivity index is 2.07. The molecule has 2 aromatic rings. The summed E-state index contributed by atoms with van der Waals surface area (Å²) >= 11 is 0. The molecule has 1 aromatic carbocycles. The highest BCUT2D eigenvalue weighted by Crippen LogP contribution is 2.40. The van der Waals surface area contributed by atoms with Crippen LogP contribution in [0.25, 0.3) is 11.3 Å². The number of halogens is 3. The Bertz CT molecular complexity index is 797. The van der Waals surface area contributed by atoms with E-state index in [0.29, 0.717) is 6.07 Å². The highest BCUT2D eigenvalue weighted by Gasteiger charge is 2.35. The number of rotatable bonds is 2. The van der Waals surface area contributed by atoms with Gasteiger partial charge in [-0.1, -0.05) is 0 Å². The molecule has 1 aliphatic rings.